The summed E-state index contributed by atoms with van der Waals surface area (Å²) in [7, 11) is 0. The van der Waals surface area contributed by atoms with Crippen LogP contribution in [0.1, 0.15) is 33.1 Å². The molecule has 1 heterocycles. The molecule has 0 aromatic heterocycles. The Morgan fingerprint density at radius 2 is 2.42 bits per heavy atom. The van der Waals surface area contributed by atoms with E-state index in [0.717, 1.165) is 25.8 Å². The number of hydrogen-bond donors (Lipinski definition) is 1. The van der Waals surface area contributed by atoms with Crippen molar-refractivity contribution >= 4 is 5.91 Å². The third kappa shape index (κ3) is 1.78. The van der Waals surface area contributed by atoms with Crippen molar-refractivity contribution in [1.82, 2.24) is 4.90 Å². The molecule has 1 unspecified atom stereocenters. The van der Waals surface area contributed by atoms with Crippen LogP contribution >= 0.6 is 0 Å². The Kier molecular flexibility index (Phi) is 3.09. The van der Waals surface area contributed by atoms with Crippen molar-refractivity contribution in [3.63, 3.8) is 0 Å². The highest BCUT2D eigenvalue weighted by Crippen LogP contribution is 2.20. The van der Waals surface area contributed by atoms with Crippen LogP contribution in [0.2, 0.25) is 0 Å². The maximum absolute atomic E-state index is 11.5. The molecule has 1 rings (SSSR count). The first-order valence-electron chi connectivity index (χ1n) is 4.73. The third-order valence-corrected chi connectivity index (χ3v) is 2.52. The molecule has 0 spiro atoms. The Labute approximate surface area is 73.9 Å². The van der Waals surface area contributed by atoms with E-state index in [1.807, 2.05) is 4.90 Å². The minimum absolute atomic E-state index is 0.111. The van der Waals surface area contributed by atoms with Crippen molar-refractivity contribution in [1.29, 1.82) is 0 Å². The molecule has 0 aromatic carbocycles. The fraction of sp³-hybridized carbons (Fsp3) is 0.889. The minimum Gasteiger partial charge on any atom is -0.338 e. The first-order valence-corrected chi connectivity index (χ1v) is 4.73. The summed E-state index contributed by atoms with van der Waals surface area (Å²) in [5.41, 5.74) is 5.54. The number of likely N-dealkylation sites (tertiary alicyclic amines) is 1. The molecular weight excluding hydrogens is 152 g/mol. The average Bonchev–Trinajstić information content (AvgIpc) is 2.49. The normalized spacial score (nSPS) is 25.9. The maximum Gasteiger partial charge on any atom is 0.239 e. The SMILES string of the molecule is CCC1CCCN1C(=O)[C@@H](C)N. The predicted molar refractivity (Wildman–Crippen MR) is 48.7 cm³/mol. The standard InChI is InChI=1S/C9H18N2O/c1-3-8-5-4-6-11(8)9(12)7(2)10/h7-8H,3-6,10H2,1-2H3/t7-,8?/m1/s1. The van der Waals surface area contributed by atoms with E-state index >= 15 is 0 Å². The number of hydrogen-bond acceptors (Lipinski definition) is 2. The first-order chi connectivity index (χ1) is 5.66. The molecule has 1 aliphatic heterocycles. The molecule has 3 nitrogen and oxygen atoms in total. The van der Waals surface area contributed by atoms with E-state index in [9.17, 15) is 4.79 Å². The second-order valence-corrected chi connectivity index (χ2v) is 3.52. The summed E-state index contributed by atoms with van der Waals surface area (Å²) in [5, 5.41) is 0. The summed E-state index contributed by atoms with van der Waals surface area (Å²) in [4.78, 5) is 13.5. The molecule has 0 radical (unpaired) electrons. The van der Waals surface area contributed by atoms with Gasteiger partial charge in [-0.25, -0.2) is 0 Å². The number of amides is 1. The number of nitrogens with zero attached hydrogens (tertiary/aromatic N) is 1. The van der Waals surface area contributed by atoms with Gasteiger partial charge in [-0.15, -0.1) is 0 Å². The molecule has 1 aliphatic rings. The molecule has 1 amide bonds. The van der Waals surface area contributed by atoms with Crippen LogP contribution in [-0.4, -0.2) is 29.4 Å². The number of carbonyl (C=O) groups excluding carboxylic acids is 1. The van der Waals surface area contributed by atoms with Crippen LogP contribution in [0.15, 0.2) is 0 Å². The van der Waals surface area contributed by atoms with E-state index < -0.39 is 0 Å². The lowest BCUT2D eigenvalue weighted by atomic mass is 10.1. The molecular formula is C9H18N2O. The Morgan fingerprint density at radius 3 is 2.92 bits per heavy atom. The zero-order chi connectivity index (χ0) is 9.14. The Hall–Kier alpha value is -0.570. The zero-order valence-corrected chi connectivity index (χ0v) is 7.92. The topological polar surface area (TPSA) is 46.3 Å². The summed E-state index contributed by atoms with van der Waals surface area (Å²) < 4.78 is 0. The summed E-state index contributed by atoms with van der Waals surface area (Å²) in [6.45, 7) is 4.78. The van der Waals surface area contributed by atoms with Gasteiger partial charge in [0.05, 0.1) is 6.04 Å². The van der Waals surface area contributed by atoms with Gasteiger partial charge in [0.2, 0.25) is 5.91 Å². The fourth-order valence-corrected chi connectivity index (χ4v) is 1.81. The molecule has 3 heteroatoms. The van der Waals surface area contributed by atoms with Crippen LogP contribution in [0.25, 0.3) is 0 Å². The molecule has 2 N–H and O–H groups in total. The Bertz CT molecular complexity index is 168. The highest BCUT2D eigenvalue weighted by Gasteiger charge is 2.28. The van der Waals surface area contributed by atoms with E-state index in [-0.39, 0.29) is 11.9 Å². The van der Waals surface area contributed by atoms with E-state index in [4.69, 9.17) is 5.73 Å². The third-order valence-electron chi connectivity index (χ3n) is 2.52. The second-order valence-electron chi connectivity index (χ2n) is 3.52. The highest BCUT2D eigenvalue weighted by molar-refractivity contribution is 5.81. The van der Waals surface area contributed by atoms with Gasteiger partial charge >= 0.3 is 0 Å². The minimum atomic E-state index is -0.336. The van der Waals surface area contributed by atoms with Crippen LogP contribution in [0.5, 0.6) is 0 Å². The summed E-state index contributed by atoms with van der Waals surface area (Å²) in [5.74, 6) is 0.111. The molecule has 1 saturated heterocycles. The molecule has 70 valence electrons. The van der Waals surface area contributed by atoms with Crippen molar-refractivity contribution in [2.75, 3.05) is 6.54 Å². The molecule has 12 heavy (non-hydrogen) atoms. The number of nitrogens with two attached hydrogens (primary N) is 1. The summed E-state index contributed by atoms with van der Waals surface area (Å²) in [6.07, 6.45) is 3.34. The smallest absolute Gasteiger partial charge is 0.239 e. The monoisotopic (exact) mass is 170 g/mol. The van der Waals surface area contributed by atoms with Gasteiger partial charge in [-0.2, -0.15) is 0 Å². The van der Waals surface area contributed by atoms with Gasteiger partial charge in [0.25, 0.3) is 0 Å². The van der Waals surface area contributed by atoms with E-state index in [0.29, 0.717) is 6.04 Å². The van der Waals surface area contributed by atoms with Crippen molar-refractivity contribution in [3.8, 4) is 0 Å². The van der Waals surface area contributed by atoms with Crippen molar-refractivity contribution < 1.29 is 4.79 Å². The molecule has 1 fully saturated rings. The summed E-state index contributed by atoms with van der Waals surface area (Å²) >= 11 is 0. The Morgan fingerprint density at radius 1 is 1.75 bits per heavy atom. The lowest BCUT2D eigenvalue weighted by Gasteiger charge is -2.25. The number of rotatable bonds is 2. The molecule has 0 saturated carbocycles. The van der Waals surface area contributed by atoms with Crippen LogP contribution in [0.3, 0.4) is 0 Å². The van der Waals surface area contributed by atoms with Crippen molar-refractivity contribution in [2.45, 2.75) is 45.2 Å². The molecule has 0 aromatic rings. The van der Waals surface area contributed by atoms with Crippen LogP contribution < -0.4 is 5.73 Å². The lowest BCUT2D eigenvalue weighted by molar-refractivity contribution is -0.133. The quantitative estimate of drug-likeness (QED) is 0.664. The van der Waals surface area contributed by atoms with Gasteiger partial charge in [0.1, 0.15) is 0 Å². The highest BCUT2D eigenvalue weighted by atomic mass is 16.2. The Balaban J connectivity index is 2.55. The van der Waals surface area contributed by atoms with Gasteiger partial charge in [-0.05, 0) is 26.2 Å². The van der Waals surface area contributed by atoms with Crippen LogP contribution in [-0.2, 0) is 4.79 Å². The van der Waals surface area contributed by atoms with Gasteiger partial charge < -0.3 is 10.6 Å². The molecule has 0 aliphatic carbocycles. The van der Waals surface area contributed by atoms with Crippen molar-refractivity contribution in [2.24, 2.45) is 5.73 Å². The van der Waals surface area contributed by atoms with E-state index in [1.54, 1.807) is 6.92 Å². The predicted octanol–water partition coefficient (Wildman–Crippen LogP) is 0.735. The van der Waals surface area contributed by atoms with Crippen LogP contribution in [0.4, 0.5) is 0 Å². The average molecular weight is 170 g/mol. The van der Waals surface area contributed by atoms with Crippen molar-refractivity contribution in [3.05, 3.63) is 0 Å². The molecule has 2 atom stereocenters. The fourth-order valence-electron chi connectivity index (χ4n) is 1.81. The van der Waals surface area contributed by atoms with E-state index in [2.05, 4.69) is 6.92 Å². The van der Waals surface area contributed by atoms with Crippen LogP contribution in [0, 0.1) is 0 Å². The first kappa shape index (κ1) is 9.52. The van der Waals surface area contributed by atoms with Gasteiger partial charge in [0, 0.05) is 12.6 Å². The maximum atomic E-state index is 11.5. The second kappa shape index (κ2) is 3.90. The number of carbonyl (C=O) groups is 1. The van der Waals surface area contributed by atoms with Gasteiger partial charge in [-0.1, -0.05) is 6.92 Å². The zero-order valence-electron chi connectivity index (χ0n) is 7.92. The lowest BCUT2D eigenvalue weighted by Crippen LogP contribution is -2.44. The van der Waals surface area contributed by atoms with E-state index in [1.165, 1.54) is 0 Å². The van der Waals surface area contributed by atoms with Gasteiger partial charge in [0.15, 0.2) is 0 Å². The summed E-state index contributed by atoms with van der Waals surface area (Å²) in [6, 6.07) is 0.112. The molecule has 0 bridgehead atoms. The van der Waals surface area contributed by atoms with Gasteiger partial charge in [-0.3, -0.25) is 4.79 Å². The largest absolute Gasteiger partial charge is 0.338 e.